The van der Waals surface area contributed by atoms with Gasteiger partial charge in [0.2, 0.25) is 0 Å². The SMILES string of the molecule is CC(C)(N)Cc1cc2[nH]ccc2cc1F. The summed E-state index contributed by atoms with van der Waals surface area (Å²) in [4.78, 5) is 3.07. The predicted molar refractivity (Wildman–Crippen MR) is 60.2 cm³/mol. The highest BCUT2D eigenvalue weighted by atomic mass is 19.1. The number of aromatic nitrogens is 1. The molecule has 0 atom stereocenters. The van der Waals surface area contributed by atoms with E-state index in [1.165, 1.54) is 0 Å². The van der Waals surface area contributed by atoms with Crippen molar-refractivity contribution in [2.45, 2.75) is 25.8 Å². The average Bonchev–Trinajstić information content (AvgIpc) is 2.49. The highest BCUT2D eigenvalue weighted by molar-refractivity contribution is 5.80. The van der Waals surface area contributed by atoms with E-state index in [9.17, 15) is 4.39 Å². The standard InChI is InChI=1S/C12H15FN2/c1-12(2,14)7-9-6-11-8(3-4-15-11)5-10(9)13/h3-6,15H,7,14H2,1-2H3. The van der Waals surface area contributed by atoms with Crippen LogP contribution in [-0.2, 0) is 6.42 Å². The van der Waals surface area contributed by atoms with Gasteiger partial charge in [0.15, 0.2) is 0 Å². The summed E-state index contributed by atoms with van der Waals surface area (Å²) in [6.07, 6.45) is 2.34. The van der Waals surface area contributed by atoms with E-state index in [0.29, 0.717) is 12.0 Å². The summed E-state index contributed by atoms with van der Waals surface area (Å²) < 4.78 is 13.7. The first-order valence-electron chi connectivity index (χ1n) is 5.00. The van der Waals surface area contributed by atoms with E-state index in [0.717, 1.165) is 10.9 Å². The average molecular weight is 206 g/mol. The van der Waals surface area contributed by atoms with Crippen molar-refractivity contribution in [1.82, 2.24) is 4.98 Å². The molecule has 1 aromatic heterocycles. The van der Waals surface area contributed by atoms with Crippen LogP contribution >= 0.6 is 0 Å². The van der Waals surface area contributed by atoms with E-state index in [4.69, 9.17) is 5.73 Å². The van der Waals surface area contributed by atoms with Crippen molar-refractivity contribution in [2.75, 3.05) is 0 Å². The molecule has 0 unspecified atom stereocenters. The third-order valence-electron chi connectivity index (χ3n) is 2.37. The summed E-state index contributed by atoms with van der Waals surface area (Å²) in [5.74, 6) is -0.180. The lowest BCUT2D eigenvalue weighted by atomic mass is 9.95. The van der Waals surface area contributed by atoms with Gasteiger partial charge in [-0.25, -0.2) is 4.39 Å². The van der Waals surface area contributed by atoms with Gasteiger partial charge >= 0.3 is 0 Å². The summed E-state index contributed by atoms with van der Waals surface area (Å²) in [7, 11) is 0. The Labute approximate surface area is 88.3 Å². The normalized spacial score (nSPS) is 12.3. The van der Waals surface area contributed by atoms with Gasteiger partial charge in [0.25, 0.3) is 0 Å². The first-order chi connectivity index (χ1) is 6.96. The fraction of sp³-hybridized carbons (Fsp3) is 0.333. The van der Waals surface area contributed by atoms with Crippen LogP contribution in [0.15, 0.2) is 24.4 Å². The van der Waals surface area contributed by atoms with Crippen LogP contribution in [0.25, 0.3) is 10.9 Å². The van der Waals surface area contributed by atoms with E-state index in [1.807, 2.05) is 32.2 Å². The minimum atomic E-state index is -0.388. The van der Waals surface area contributed by atoms with Gasteiger partial charge in [-0.05, 0) is 44.0 Å². The molecule has 15 heavy (non-hydrogen) atoms. The fourth-order valence-corrected chi connectivity index (χ4v) is 1.74. The van der Waals surface area contributed by atoms with Crippen LogP contribution in [0.2, 0.25) is 0 Å². The zero-order valence-electron chi connectivity index (χ0n) is 8.97. The smallest absolute Gasteiger partial charge is 0.127 e. The Morgan fingerprint density at radius 3 is 2.80 bits per heavy atom. The number of halogens is 1. The Balaban J connectivity index is 2.46. The van der Waals surface area contributed by atoms with Crippen molar-refractivity contribution in [1.29, 1.82) is 0 Å². The third kappa shape index (κ3) is 2.18. The molecule has 0 saturated carbocycles. The molecule has 0 saturated heterocycles. The second-order valence-corrected chi connectivity index (χ2v) is 4.67. The minimum absolute atomic E-state index is 0.180. The zero-order chi connectivity index (χ0) is 11.1. The molecule has 0 aliphatic heterocycles. The summed E-state index contributed by atoms with van der Waals surface area (Å²) in [5, 5.41) is 0.895. The molecule has 80 valence electrons. The molecular formula is C12H15FN2. The molecule has 2 rings (SSSR count). The van der Waals surface area contributed by atoms with E-state index >= 15 is 0 Å². The maximum Gasteiger partial charge on any atom is 0.127 e. The van der Waals surface area contributed by atoms with Gasteiger partial charge in [0, 0.05) is 22.6 Å². The maximum atomic E-state index is 13.7. The number of nitrogens with one attached hydrogen (secondary N) is 1. The van der Waals surface area contributed by atoms with Crippen molar-refractivity contribution in [3.05, 3.63) is 35.8 Å². The van der Waals surface area contributed by atoms with Gasteiger partial charge in [0.1, 0.15) is 5.82 Å². The first kappa shape index (κ1) is 10.2. The highest BCUT2D eigenvalue weighted by Crippen LogP contribution is 2.20. The third-order valence-corrected chi connectivity index (χ3v) is 2.37. The lowest BCUT2D eigenvalue weighted by Gasteiger charge is -2.18. The van der Waals surface area contributed by atoms with Gasteiger partial charge in [0.05, 0.1) is 0 Å². The second kappa shape index (κ2) is 3.35. The Bertz CT molecular complexity index is 480. The van der Waals surface area contributed by atoms with Crippen molar-refractivity contribution in [3.63, 3.8) is 0 Å². The number of rotatable bonds is 2. The molecule has 0 fully saturated rings. The molecule has 0 bridgehead atoms. The molecule has 0 radical (unpaired) electrons. The molecule has 0 spiro atoms. The number of hydrogen-bond donors (Lipinski definition) is 2. The molecule has 1 aromatic carbocycles. The van der Waals surface area contributed by atoms with Crippen LogP contribution in [-0.4, -0.2) is 10.5 Å². The molecule has 0 aliphatic rings. The Morgan fingerprint density at radius 2 is 2.13 bits per heavy atom. The van der Waals surface area contributed by atoms with Crippen LogP contribution < -0.4 is 5.73 Å². The first-order valence-corrected chi connectivity index (χ1v) is 5.00. The minimum Gasteiger partial charge on any atom is -0.361 e. The Hall–Kier alpha value is -1.35. The van der Waals surface area contributed by atoms with Gasteiger partial charge in [-0.1, -0.05) is 0 Å². The summed E-state index contributed by atoms with van der Waals surface area (Å²) in [5.41, 5.74) is 7.11. The Kier molecular flexibility index (Phi) is 2.27. The molecule has 2 nitrogen and oxygen atoms in total. The van der Waals surface area contributed by atoms with Crippen LogP contribution in [0.4, 0.5) is 4.39 Å². The lowest BCUT2D eigenvalue weighted by molar-refractivity contribution is 0.498. The van der Waals surface area contributed by atoms with Crippen molar-refractivity contribution in [3.8, 4) is 0 Å². The predicted octanol–water partition coefficient (Wildman–Crippen LogP) is 2.59. The number of aromatic amines is 1. The number of hydrogen-bond acceptors (Lipinski definition) is 1. The van der Waals surface area contributed by atoms with Gasteiger partial charge in [-0.15, -0.1) is 0 Å². The summed E-state index contributed by atoms with van der Waals surface area (Å²) in [6, 6.07) is 5.24. The topological polar surface area (TPSA) is 41.8 Å². The van der Waals surface area contributed by atoms with E-state index < -0.39 is 0 Å². The van der Waals surface area contributed by atoms with Crippen LogP contribution in [0.5, 0.6) is 0 Å². The monoisotopic (exact) mass is 206 g/mol. The van der Waals surface area contributed by atoms with Crippen LogP contribution in [0.3, 0.4) is 0 Å². The molecule has 3 N–H and O–H groups in total. The van der Waals surface area contributed by atoms with E-state index in [2.05, 4.69) is 4.98 Å². The molecule has 2 aromatic rings. The fourth-order valence-electron chi connectivity index (χ4n) is 1.74. The summed E-state index contributed by atoms with van der Waals surface area (Å²) in [6.45, 7) is 3.79. The quantitative estimate of drug-likeness (QED) is 0.779. The van der Waals surface area contributed by atoms with Gasteiger partial charge in [-0.3, -0.25) is 0 Å². The van der Waals surface area contributed by atoms with Crippen molar-refractivity contribution >= 4 is 10.9 Å². The zero-order valence-corrected chi connectivity index (χ0v) is 8.97. The van der Waals surface area contributed by atoms with Crippen molar-refractivity contribution in [2.24, 2.45) is 5.73 Å². The highest BCUT2D eigenvalue weighted by Gasteiger charge is 2.15. The lowest BCUT2D eigenvalue weighted by Crippen LogP contribution is -2.34. The van der Waals surface area contributed by atoms with Crippen LogP contribution in [0.1, 0.15) is 19.4 Å². The maximum absolute atomic E-state index is 13.7. The van der Waals surface area contributed by atoms with Crippen LogP contribution in [0, 0.1) is 5.82 Å². The van der Waals surface area contributed by atoms with Gasteiger partial charge < -0.3 is 10.7 Å². The molecule has 3 heteroatoms. The second-order valence-electron chi connectivity index (χ2n) is 4.67. The summed E-state index contributed by atoms with van der Waals surface area (Å²) >= 11 is 0. The molecule has 0 amide bonds. The number of nitrogens with two attached hydrogens (primary N) is 1. The number of fused-ring (bicyclic) bond motifs is 1. The molecule has 1 heterocycles. The molecular weight excluding hydrogens is 191 g/mol. The van der Waals surface area contributed by atoms with Crippen molar-refractivity contribution < 1.29 is 4.39 Å². The Morgan fingerprint density at radius 1 is 1.40 bits per heavy atom. The largest absolute Gasteiger partial charge is 0.361 e. The van der Waals surface area contributed by atoms with E-state index in [-0.39, 0.29) is 11.4 Å². The molecule has 0 aliphatic carbocycles. The van der Waals surface area contributed by atoms with E-state index in [1.54, 1.807) is 6.07 Å². The number of H-pyrrole nitrogens is 1. The number of benzene rings is 1. The van der Waals surface area contributed by atoms with Gasteiger partial charge in [-0.2, -0.15) is 0 Å².